The van der Waals surface area contributed by atoms with Crippen molar-refractivity contribution in [2.24, 2.45) is 0 Å². The van der Waals surface area contributed by atoms with Gasteiger partial charge in [-0.25, -0.2) is 0 Å². The van der Waals surface area contributed by atoms with E-state index in [1.165, 1.54) is 18.2 Å². The zero-order chi connectivity index (χ0) is 14.0. The molecule has 4 atom stereocenters. The highest BCUT2D eigenvalue weighted by Crippen LogP contribution is 2.33. The van der Waals surface area contributed by atoms with Crippen molar-refractivity contribution >= 4 is 17.4 Å². The molecule has 1 fully saturated rings. The highest BCUT2D eigenvalue weighted by atomic mass is 32.2. The number of hydrogen-bond donors (Lipinski definition) is 3. The lowest BCUT2D eigenvalue weighted by molar-refractivity contribution is -0.386. The van der Waals surface area contributed by atoms with Crippen LogP contribution in [0.15, 0.2) is 24.3 Å². The van der Waals surface area contributed by atoms with Gasteiger partial charge in [0.15, 0.2) is 11.2 Å². The van der Waals surface area contributed by atoms with Gasteiger partial charge in [0.2, 0.25) is 0 Å². The fraction of sp³-hybridized carbons (Fsp3) is 0.455. The van der Waals surface area contributed by atoms with Crippen LogP contribution in [0.25, 0.3) is 0 Å². The Balaban J connectivity index is 2.15. The molecule has 0 spiro atoms. The van der Waals surface area contributed by atoms with Crippen molar-refractivity contribution in [1.29, 1.82) is 0 Å². The smallest absolute Gasteiger partial charge is 0.310 e. The highest BCUT2D eigenvalue weighted by Gasteiger charge is 2.39. The summed E-state index contributed by atoms with van der Waals surface area (Å²) in [6.07, 6.45) is -3.67. The minimum absolute atomic E-state index is 0.0210. The maximum absolute atomic E-state index is 10.8. The Morgan fingerprint density at radius 1 is 1.26 bits per heavy atom. The molecule has 0 amide bonds. The summed E-state index contributed by atoms with van der Waals surface area (Å²) in [5, 5.41) is 39.5. The minimum Gasteiger partial charge on any atom is -0.470 e. The maximum Gasteiger partial charge on any atom is 0.310 e. The summed E-state index contributed by atoms with van der Waals surface area (Å²) < 4.78 is 5.38. The number of rotatable bonds is 3. The number of benzene rings is 1. The predicted molar refractivity (Wildman–Crippen MR) is 68.0 cm³/mol. The lowest BCUT2D eigenvalue weighted by Crippen LogP contribution is -2.50. The number of nitro benzene ring substituents is 1. The van der Waals surface area contributed by atoms with E-state index in [9.17, 15) is 25.4 Å². The first-order valence-electron chi connectivity index (χ1n) is 5.56. The number of thioether (sulfide) groups is 1. The third kappa shape index (κ3) is 2.98. The molecule has 8 heteroatoms. The Morgan fingerprint density at radius 3 is 2.63 bits per heavy atom. The fourth-order valence-corrected chi connectivity index (χ4v) is 2.83. The lowest BCUT2D eigenvalue weighted by atomic mass is 10.1. The maximum atomic E-state index is 10.8. The molecule has 1 heterocycles. The molecule has 1 aromatic carbocycles. The summed E-state index contributed by atoms with van der Waals surface area (Å²) in [4.78, 5) is 10.2. The van der Waals surface area contributed by atoms with Crippen LogP contribution in [0.1, 0.15) is 0 Å². The number of aliphatic hydroxyl groups is 3. The third-order valence-electron chi connectivity index (χ3n) is 2.76. The van der Waals surface area contributed by atoms with E-state index in [1.54, 1.807) is 6.07 Å². The Morgan fingerprint density at radius 2 is 1.95 bits per heavy atom. The molecule has 1 aliphatic heterocycles. The summed E-state index contributed by atoms with van der Waals surface area (Å²) >= 11 is 1.09. The van der Waals surface area contributed by atoms with Gasteiger partial charge in [-0.3, -0.25) is 10.1 Å². The van der Waals surface area contributed by atoms with E-state index in [0.29, 0.717) is 0 Å². The second kappa shape index (κ2) is 5.74. The average Bonchev–Trinajstić information content (AvgIpc) is 2.40. The van der Waals surface area contributed by atoms with Crippen LogP contribution in [-0.2, 0) is 0 Å². The molecule has 1 aliphatic rings. The summed E-state index contributed by atoms with van der Waals surface area (Å²) in [7, 11) is 0. The normalized spacial score (nSPS) is 30.9. The molecule has 0 aromatic heterocycles. The number of hydrogen-bond acceptors (Lipinski definition) is 7. The number of nitro groups is 1. The largest absolute Gasteiger partial charge is 0.470 e. The zero-order valence-corrected chi connectivity index (χ0v) is 10.6. The van der Waals surface area contributed by atoms with E-state index < -0.39 is 28.7 Å². The van der Waals surface area contributed by atoms with Gasteiger partial charge < -0.3 is 20.1 Å². The van der Waals surface area contributed by atoms with Gasteiger partial charge in [-0.2, -0.15) is 0 Å². The summed E-state index contributed by atoms with van der Waals surface area (Å²) in [5.41, 5.74) is -1.07. The van der Waals surface area contributed by atoms with Crippen LogP contribution >= 0.6 is 11.8 Å². The van der Waals surface area contributed by atoms with E-state index in [2.05, 4.69) is 0 Å². The van der Waals surface area contributed by atoms with E-state index in [0.717, 1.165) is 11.8 Å². The highest BCUT2D eigenvalue weighted by molar-refractivity contribution is 7.99. The molecule has 1 aromatic rings. The van der Waals surface area contributed by atoms with Crippen LogP contribution in [-0.4, -0.2) is 49.7 Å². The molecule has 2 rings (SSSR count). The second-order valence-electron chi connectivity index (χ2n) is 4.09. The molecule has 3 N–H and O–H groups in total. The minimum atomic E-state index is -1.32. The van der Waals surface area contributed by atoms with Crippen LogP contribution in [0.3, 0.4) is 0 Å². The van der Waals surface area contributed by atoms with E-state index in [-0.39, 0.29) is 17.2 Å². The van der Waals surface area contributed by atoms with Crippen molar-refractivity contribution in [2.75, 3.05) is 5.75 Å². The van der Waals surface area contributed by atoms with Gasteiger partial charge >= 0.3 is 5.69 Å². The van der Waals surface area contributed by atoms with Crippen LogP contribution < -0.4 is 4.74 Å². The molecule has 0 radical (unpaired) electrons. The van der Waals surface area contributed by atoms with Crippen molar-refractivity contribution in [3.8, 4) is 5.75 Å². The van der Waals surface area contributed by atoms with Crippen LogP contribution in [0, 0.1) is 10.1 Å². The van der Waals surface area contributed by atoms with Gasteiger partial charge in [0.05, 0.1) is 11.0 Å². The molecule has 0 bridgehead atoms. The van der Waals surface area contributed by atoms with Crippen molar-refractivity contribution in [2.45, 2.75) is 23.7 Å². The van der Waals surface area contributed by atoms with Gasteiger partial charge in [-0.05, 0) is 6.07 Å². The predicted octanol–water partition coefficient (Wildman–Crippen LogP) is 0.129. The first-order chi connectivity index (χ1) is 9.00. The van der Waals surface area contributed by atoms with Gasteiger partial charge in [0.1, 0.15) is 12.2 Å². The molecule has 0 unspecified atom stereocenters. The molecular weight excluding hydrogens is 274 g/mol. The SMILES string of the molecule is O=[N+]([O-])c1ccccc1O[C@@H]1SC[C@@H](O)[C@H](O)[C@H]1O. The Bertz CT molecular complexity index is 470. The van der Waals surface area contributed by atoms with Gasteiger partial charge in [0.25, 0.3) is 0 Å². The quantitative estimate of drug-likeness (QED) is 0.535. The van der Waals surface area contributed by atoms with Gasteiger partial charge in [-0.1, -0.05) is 12.1 Å². The molecule has 1 saturated heterocycles. The standard InChI is InChI=1S/C11H13NO6S/c13-7-5-19-11(10(15)9(7)14)18-8-4-2-1-3-6(8)12(16)17/h1-4,7,9-11,13-15H,5H2/t7-,9+,10-,11-/m1/s1. The van der Waals surface area contributed by atoms with Crippen molar-refractivity contribution in [3.05, 3.63) is 34.4 Å². The number of nitrogens with zero attached hydrogens (tertiary/aromatic N) is 1. The van der Waals surface area contributed by atoms with Gasteiger partial charge in [-0.15, -0.1) is 11.8 Å². The third-order valence-corrected chi connectivity index (χ3v) is 4.00. The molecule has 0 saturated carbocycles. The summed E-state index contributed by atoms with van der Waals surface area (Å²) in [5.74, 6) is 0.205. The molecule has 104 valence electrons. The Labute approximate surface area is 113 Å². The van der Waals surface area contributed by atoms with E-state index in [4.69, 9.17) is 4.74 Å². The molecule has 0 aliphatic carbocycles. The lowest BCUT2D eigenvalue weighted by Gasteiger charge is -2.34. The fourth-order valence-electron chi connectivity index (χ4n) is 1.72. The second-order valence-corrected chi connectivity index (χ2v) is 5.22. The first-order valence-corrected chi connectivity index (χ1v) is 6.61. The number of ether oxygens (including phenoxy) is 1. The summed E-state index contributed by atoms with van der Waals surface area (Å²) in [6, 6.07) is 5.80. The topological polar surface area (TPSA) is 113 Å². The van der Waals surface area contributed by atoms with E-state index in [1.807, 2.05) is 0 Å². The average molecular weight is 287 g/mol. The van der Waals surface area contributed by atoms with Crippen LogP contribution in [0.2, 0.25) is 0 Å². The molecule has 7 nitrogen and oxygen atoms in total. The number of para-hydroxylation sites is 2. The monoisotopic (exact) mass is 287 g/mol. The first kappa shape index (κ1) is 14.1. The van der Waals surface area contributed by atoms with Crippen molar-refractivity contribution < 1.29 is 25.0 Å². The van der Waals surface area contributed by atoms with Gasteiger partial charge in [0, 0.05) is 11.8 Å². The Kier molecular flexibility index (Phi) is 4.25. The van der Waals surface area contributed by atoms with Crippen LogP contribution in [0.4, 0.5) is 5.69 Å². The van der Waals surface area contributed by atoms with E-state index >= 15 is 0 Å². The number of aliphatic hydroxyl groups excluding tert-OH is 3. The zero-order valence-electron chi connectivity index (χ0n) is 9.75. The summed E-state index contributed by atoms with van der Waals surface area (Å²) in [6.45, 7) is 0. The van der Waals surface area contributed by atoms with Crippen LogP contribution in [0.5, 0.6) is 5.75 Å². The van der Waals surface area contributed by atoms with Crippen molar-refractivity contribution in [3.63, 3.8) is 0 Å². The van der Waals surface area contributed by atoms with Crippen molar-refractivity contribution in [1.82, 2.24) is 0 Å². The molecular formula is C11H13NO6S. The molecule has 19 heavy (non-hydrogen) atoms. The Hall–Kier alpha value is -1.35.